The van der Waals surface area contributed by atoms with Crippen LogP contribution in [0.5, 0.6) is 5.75 Å². The van der Waals surface area contributed by atoms with Crippen LogP contribution >= 0.6 is 15.9 Å². The van der Waals surface area contributed by atoms with Crippen molar-refractivity contribution in [3.63, 3.8) is 0 Å². The molecule has 1 atom stereocenters. The van der Waals surface area contributed by atoms with Crippen molar-refractivity contribution in [1.29, 1.82) is 0 Å². The van der Waals surface area contributed by atoms with E-state index in [1.54, 1.807) is 24.5 Å². The molecule has 1 amide bonds. The Balaban J connectivity index is 1.67. The molecular formula is C25H24BrN5O2. The van der Waals surface area contributed by atoms with Gasteiger partial charge >= 0.3 is 0 Å². The maximum atomic E-state index is 13.5. The van der Waals surface area contributed by atoms with Crippen molar-refractivity contribution in [2.45, 2.75) is 33.2 Å². The summed E-state index contributed by atoms with van der Waals surface area (Å²) in [4.78, 5) is 26.7. The second-order valence-corrected chi connectivity index (χ2v) is 9.14. The molecule has 33 heavy (non-hydrogen) atoms. The first kappa shape index (κ1) is 18.2. The van der Waals surface area contributed by atoms with E-state index in [4.69, 9.17) is 8.85 Å². The number of ether oxygens (including phenoxy) is 1. The minimum absolute atomic E-state index is 0.156. The molecule has 3 aromatic heterocycles. The number of hydrogen-bond donors (Lipinski definition) is 1. The molecule has 1 N–H and O–H groups in total. The Morgan fingerprint density at radius 1 is 1.24 bits per heavy atom. The Kier molecular flexibility index (Phi) is 4.93. The van der Waals surface area contributed by atoms with Crippen LogP contribution in [0.2, 0.25) is 0 Å². The van der Waals surface area contributed by atoms with Crippen molar-refractivity contribution in [2.75, 3.05) is 11.9 Å². The van der Waals surface area contributed by atoms with Crippen LogP contribution in [0.15, 0.2) is 53.3 Å². The van der Waals surface area contributed by atoms with Crippen LogP contribution in [0.1, 0.15) is 39.9 Å². The third kappa shape index (κ3) is 4.48. The molecule has 5 rings (SSSR count). The average Bonchev–Trinajstić information content (AvgIpc) is 3.16. The molecule has 168 valence electrons. The Labute approximate surface area is 204 Å². The zero-order valence-corrected chi connectivity index (χ0v) is 19.6. The van der Waals surface area contributed by atoms with Crippen molar-refractivity contribution in [3.8, 4) is 17.0 Å². The van der Waals surface area contributed by atoms with E-state index in [0.29, 0.717) is 36.1 Å². The number of carbonyl (C=O) groups excluding carboxylic acids is 1. The van der Waals surface area contributed by atoms with Crippen molar-refractivity contribution >= 4 is 38.8 Å². The molecule has 1 aromatic carbocycles. The number of nitrogens with one attached hydrogen (secondary N) is 1. The van der Waals surface area contributed by atoms with Crippen molar-refractivity contribution in [2.24, 2.45) is 5.92 Å². The zero-order valence-electron chi connectivity index (χ0n) is 21.0. The summed E-state index contributed by atoms with van der Waals surface area (Å²) in [7, 11) is 0. The molecule has 0 fully saturated rings. The lowest BCUT2D eigenvalue weighted by Gasteiger charge is -2.16. The number of benzene rings is 1. The topological polar surface area (TPSA) is 81.9 Å². The van der Waals surface area contributed by atoms with Crippen LogP contribution < -0.4 is 10.1 Å². The van der Waals surface area contributed by atoms with Gasteiger partial charge in [0.15, 0.2) is 0 Å². The summed E-state index contributed by atoms with van der Waals surface area (Å²) in [5, 5.41) is 2.91. The number of anilines is 1. The lowest BCUT2D eigenvalue weighted by atomic mass is 10.1. The Hall–Kier alpha value is -3.26. The molecule has 8 heteroatoms. The fraction of sp³-hybridized carbons (Fsp3) is 0.280. The van der Waals surface area contributed by atoms with E-state index in [1.807, 2.05) is 22.8 Å². The summed E-state index contributed by atoms with van der Waals surface area (Å²) >= 11 is 3.53. The minimum Gasteiger partial charge on any atom is -0.493 e. The summed E-state index contributed by atoms with van der Waals surface area (Å²) < 4.78 is 32.7. The summed E-state index contributed by atoms with van der Waals surface area (Å²) in [6.07, 6.45) is 4.89. The van der Waals surface area contributed by atoms with Gasteiger partial charge in [0.25, 0.3) is 5.91 Å². The summed E-state index contributed by atoms with van der Waals surface area (Å²) in [5.74, 6) is 0.751. The highest BCUT2D eigenvalue weighted by molar-refractivity contribution is 9.10. The first-order chi connectivity index (χ1) is 17.2. The molecular weight excluding hydrogens is 482 g/mol. The van der Waals surface area contributed by atoms with Gasteiger partial charge in [-0.05, 0) is 62.0 Å². The number of pyridine rings is 2. The molecule has 1 aliphatic rings. The van der Waals surface area contributed by atoms with Gasteiger partial charge in [-0.2, -0.15) is 0 Å². The smallest absolute Gasteiger partial charge is 0.258 e. The third-order valence-corrected chi connectivity index (χ3v) is 6.17. The lowest BCUT2D eigenvalue weighted by molar-refractivity contribution is 0.102. The maximum Gasteiger partial charge on any atom is 0.258 e. The van der Waals surface area contributed by atoms with Gasteiger partial charge in [0, 0.05) is 38.8 Å². The monoisotopic (exact) mass is 508 g/mol. The Bertz CT molecular complexity index is 1450. The molecule has 4 aromatic rings. The van der Waals surface area contributed by atoms with Gasteiger partial charge < -0.3 is 9.30 Å². The third-order valence-electron chi connectivity index (χ3n) is 5.67. The highest BCUT2D eigenvalue weighted by atomic mass is 79.9. The van der Waals surface area contributed by atoms with Crippen molar-refractivity contribution in [3.05, 3.63) is 64.5 Å². The second-order valence-electron chi connectivity index (χ2n) is 8.23. The number of imidazole rings is 1. The van der Waals surface area contributed by atoms with E-state index < -0.39 is 12.8 Å². The number of aryl methyl sites for hydroxylation is 1. The molecule has 0 aliphatic carbocycles. The summed E-state index contributed by atoms with van der Waals surface area (Å²) in [6, 6.07) is 10.3. The summed E-state index contributed by atoms with van der Waals surface area (Å²) in [5.41, 5.74) is 2.45. The predicted molar refractivity (Wildman–Crippen MR) is 131 cm³/mol. The molecule has 0 unspecified atom stereocenters. The van der Waals surface area contributed by atoms with Crippen LogP contribution in [0.4, 0.5) is 5.95 Å². The van der Waals surface area contributed by atoms with E-state index >= 15 is 0 Å². The average molecular weight is 509 g/mol. The van der Waals surface area contributed by atoms with Gasteiger partial charge in [-0.3, -0.25) is 20.1 Å². The van der Waals surface area contributed by atoms with E-state index in [2.05, 4.69) is 43.1 Å². The number of rotatable bonds is 0. The highest BCUT2D eigenvalue weighted by Gasteiger charge is 2.19. The number of nitrogens with zero attached hydrogens (tertiary/aromatic N) is 4. The van der Waals surface area contributed by atoms with E-state index in [1.165, 1.54) is 6.07 Å². The van der Waals surface area contributed by atoms with Gasteiger partial charge in [0.2, 0.25) is 5.95 Å². The Morgan fingerprint density at radius 3 is 3.03 bits per heavy atom. The number of hydrogen-bond acceptors (Lipinski definition) is 5. The second kappa shape index (κ2) is 8.94. The number of carbonyl (C=O) groups is 1. The molecule has 7 nitrogen and oxygen atoms in total. The number of aromatic nitrogens is 4. The first-order valence-corrected chi connectivity index (χ1v) is 11.6. The molecule has 0 spiro atoms. The molecule has 0 saturated carbocycles. The summed E-state index contributed by atoms with van der Waals surface area (Å²) in [6.45, 7) is 0.769. The van der Waals surface area contributed by atoms with Gasteiger partial charge in [-0.1, -0.05) is 22.9 Å². The number of amides is 1. The molecule has 4 heterocycles. The number of halogens is 1. The van der Waals surface area contributed by atoms with Gasteiger partial charge in [-0.15, -0.1) is 0 Å². The largest absolute Gasteiger partial charge is 0.493 e. The zero-order chi connectivity index (χ0) is 25.4. The van der Waals surface area contributed by atoms with E-state index in [-0.39, 0.29) is 17.2 Å². The van der Waals surface area contributed by atoms with Crippen LogP contribution in [-0.4, -0.2) is 32.0 Å². The molecule has 2 bridgehead atoms. The molecule has 0 saturated heterocycles. The fourth-order valence-electron chi connectivity index (χ4n) is 4.07. The predicted octanol–water partition coefficient (Wildman–Crippen LogP) is 5.63. The SMILES string of the molecule is [2H]C([2H])([2H])c1cc2cc(n1)-c1cnccc1OCCC[C@@H](C)Cn1c(nc3ccc(Br)cc31)NC2=O. The molecule has 1 aliphatic heterocycles. The highest BCUT2D eigenvalue weighted by Crippen LogP contribution is 2.30. The fourth-order valence-corrected chi connectivity index (χ4v) is 4.42. The quantitative estimate of drug-likeness (QED) is 0.333. The maximum absolute atomic E-state index is 13.5. The van der Waals surface area contributed by atoms with Crippen LogP contribution in [0.3, 0.4) is 0 Å². The van der Waals surface area contributed by atoms with Crippen LogP contribution in [-0.2, 0) is 6.54 Å². The van der Waals surface area contributed by atoms with Crippen molar-refractivity contribution in [1.82, 2.24) is 19.5 Å². The standard InChI is InChI=1S/C25H24BrN5O2/c1-15-4-3-9-33-23-7-8-27-13-19(23)21-11-17(10-16(2)28-21)24(32)30-25-29-20-6-5-18(26)12-22(20)31(25)14-15/h5-8,10-13,15H,3-4,9,14H2,1-2H3,(H,29,30,32)/t15-/m1/s1/i2D3. The van der Waals surface area contributed by atoms with Gasteiger partial charge in [0.1, 0.15) is 5.75 Å². The lowest BCUT2D eigenvalue weighted by Crippen LogP contribution is -2.18. The number of fused-ring (bicyclic) bond motifs is 7. The normalized spacial score (nSPS) is 18.4. The first-order valence-electron chi connectivity index (χ1n) is 12.3. The van der Waals surface area contributed by atoms with Gasteiger partial charge in [0.05, 0.1) is 28.9 Å². The van der Waals surface area contributed by atoms with Crippen LogP contribution in [0, 0.1) is 12.8 Å². The Morgan fingerprint density at radius 2 is 2.15 bits per heavy atom. The minimum atomic E-state index is -2.51. The van der Waals surface area contributed by atoms with E-state index in [0.717, 1.165) is 28.3 Å². The van der Waals surface area contributed by atoms with E-state index in [9.17, 15) is 4.79 Å². The van der Waals surface area contributed by atoms with Gasteiger partial charge in [-0.25, -0.2) is 4.98 Å². The van der Waals surface area contributed by atoms with Crippen molar-refractivity contribution < 1.29 is 13.6 Å². The molecule has 0 radical (unpaired) electrons. The van der Waals surface area contributed by atoms with Crippen LogP contribution in [0.25, 0.3) is 22.3 Å².